The number of hydrogen-bond donors (Lipinski definition) is 1. The standard InChI is InChI=1S/C19H30FN/c1-3-4-8-19(17-9-11-18(20)12-10-17)21-14-16-7-5-6-15(2)13-16/h9-12,15-16,19,21H,3-8,13-14H2,1-2H3. The average Bonchev–Trinajstić information content (AvgIpc) is 2.49. The number of nitrogens with one attached hydrogen (secondary N) is 1. The summed E-state index contributed by atoms with van der Waals surface area (Å²) in [6.07, 6.45) is 9.07. The van der Waals surface area contributed by atoms with Crippen LogP contribution in [0.15, 0.2) is 24.3 Å². The molecule has 21 heavy (non-hydrogen) atoms. The lowest BCUT2D eigenvalue weighted by molar-refractivity contribution is 0.264. The molecule has 0 bridgehead atoms. The van der Waals surface area contributed by atoms with Crippen molar-refractivity contribution in [2.75, 3.05) is 6.54 Å². The van der Waals surface area contributed by atoms with Gasteiger partial charge >= 0.3 is 0 Å². The molecule has 2 heteroatoms. The molecule has 1 aromatic rings. The Kier molecular flexibility index (Phi) is 6.69. The molecule has 0 saturated heterocycles. The Morgan fingerprint density at radius 2 is 2.00 bits per heavy atom. The Morgan fingerprint density at radius 1 is 1.24 bits per heavy atom. The molecule has 0 spiro atoms. The van der Waals surface area contributed by atoms with E-state index in [2.05, 4.69) is 19.2 Å². The van der Waals surface area contributed by atoms with Crippen molar-refractivity contribution in [1.82, 2.24) is 5.32 Å². The molecule has 0 radical (unpaired) electrons. The molecule has 118 valence electrons. The number of hydrogen-bond acceptors (Lipinski definition) is 1. The van der Waals surface area contributed by atoms with Gasteiger partial charge in [0.05, 0.1) is 0 Å². The SMILES string of the molecule is CCCCC(NCC1CCCC(C)C1)c1ccc(F)cc1. The maximum absolute atomic E-state index is 13.1. The molecule has 1 aliphatic carbocycles. The van der Waals surface area contributed by atoms with E-state index in [1.165, 1.54) is 44.1 Å². The van der Waals surface area contributed by atoms with Gasteiger partial charge in [0, 0.05) is 6.04 Å². The Labute approximate surface area is 129 Å². The van der Waals surface area contributed by atoms with Gasteiger partial charge in [0.1, 0.15) is 5.82 Å². The zero-order valence-corrected chi connectivity index (χ0v) is 13.6. The second-order valence-corrected chi connectivity index (χ2v) is 6.79. The average molecular weight is 291 g/mol. The minimum absolute atomic E-state index is 0.144. The van der Waals surface area contributed by atoms with Crippen molar-refractivity contribution in [1.29, 1.82) is 0 Å². The molecule has 2 rings (SSSR count). The predicted molar refractivity (Wildman–Crippen MR) is 87.8 cm³/mol. The molecule has 1 aliphatic rings. The summed E-state index contributed by atoms with van der Waals surface area (Å²) >= 11 is 0. The van der Waals surface area contributed by atoms with Crippen molar-refractivity contribution in [2.24, 2.45) is 11.8 Å². The fourth-order valence-electron chi connectivity index (χ4n) is 3.54. The highest BCUT2D eigenvalue weighted by Gasteiger charge is 2.20. The van der Waals surface area contributed by atoms with Crippen molar-refractivity contribution >= 4 is 0 Å². The van der Waals surface area contributed by atoms with E-state index in [1.807, 2.05) is 12.1 Å². The third kappa shape index (κ3) is 5.43. The quantitative estimate of drug-likeness (QED) is 0.702. The van der Waals surface area contributed by atoms with Gasteiger partial charge in [-0.05, 0) is 55.3 Å². The molecule has 1 saturated carbocycles. The molecule has 0 heterocycles. The van der Waals surface area contributed by atoms with Gasteiger partial charge in [-0.1, -0.05) is 51.7 Å². The van der Waals surface area contributed by atoms with Crippen LogP contribution in [0, 0.1) is 17.7 Å². The Morgan fingerprint density at radius 3 is 2.67 bits per heavy atom. The summed E-state index contributed by atoms with van der Waals surface area (Å²) < 4.78 is 13.1. The first-order chi connectivity index (χ1) is 10.2. The summed E-state index contributed by atoms with van der Waals surface area (Å²) in [7, 11) is 0. The zero-order valence-electron chi connectivity index (χ0n) is 13.6. The molecule has 0 aromatic heterocycles. The Hall–Kier alpha value is -0.890. The van der Waals surface area contributed by atoms with Gasteiger partial charge < -0.3 is 5.32 Å². The first-order valence-corrected chi connectivity index (χ1v) is 8.68. The van der Waals surface area contributed by atoms with Crippen LogP contribution in [-0.2, 0) is 0 Å². The summed E-state index contributed by atoms with van der Waals surface area (Å²) in [6, 6.07) is 7.41. The minimum Gasteiger partial charge on any atom is -0.310 e. The molecule has 0 amide bonds. The Balaban J connectivity index is 1.91. The molecular formula is C19H30FN. The molecule has 1 N–H and O–H groups in total. The summed E-state index contributed by atoms with van der Waals surface area (Å²) in [5.74, 6) is 1.55. The third-order valence-electron chi connectivity index (χ3n) is 4.82. The summed E-state index contributed by atoms with van der Waals surface area (Å²) in [6.45, 7) is 5.71. The molecule has 3 atom stereocenters. The fraction of sp³-hybridized carbons (Fsp3) is 0.684. The van der Waals surface area contributed by atoms with E-state index in [1.54, 1.807) is 12.1 Å². The molecule has 3 unspecified atom stereocenters. The lowest BCUT2D eigenvalue weighted by Gasteiger charge is -2.29. The van der Waals surface area contributed by atoms with Crippen LogP contribution in [0.2, 0.25) is 0 Å². The summed E-state index contributed by atoms with van der Waals surface area (Å²) in [4.78, 5) is 0. The van der Waals surface area contributed by atoms with Crippen molar-refractivity contribution in [3.8, 4) is 0 Å². The lowest BCUT2D eigenvalue weighted by atomic mass is 9.82. The molecule has 1 fully saturated rings. The number of unbranched alkanes of at least 4 members (excludes halogenated alkanes) is 1. The van der Waals surface area contributed by atoms with E-state index in [4.69, 9.17) is 0 Å². The summed E-state index contributed by atoms with van der Waals surface area (Å²) in [5.41, 5.74) is 1.23. The van der Waals surface area contributed by atoms with Gasteiger partial charge in [0.25, 0.3) is 0 Å². The van der Waals surface area contributed by atoms with E-state index >= 15 is 0 Å². The second-order valence-electron chi connectivity index (χ2n) is 6.79. The van der Waals surface area contributed by atoms with Gasteiger partial charge in [-0.25, -0.2) is 4.39 Å². The van der Waals surface area contributed by atoms with E-state index in [9.17, 15) is 4.39 Å². The predicted octanol–water partition coefficient (Wildman–Crippen LogP) is 5.47. The minimum atomic E-state index is -0.144. The van der Waals surface area contributed by atoms with Crippen LogP contribution >= 0.6 is 0 Å². The third-order valence-corrected chi connectivity index (χ3v) is 4.82. The second kappa shape index (κ2) is 8.53. The highest BCUT2D eigenvalue weighted by molar-refractivity contribution is 5.19. The van der Waals surface area contributed by atoms with Crippen molar-refractivity contribution in [2.45, 2.75) is 64.8 Å². The lowest BCUT2D eigenvalue weighted by Crippen LogP contribution is -2.30. The fourth-order valence-corrected chi connectivity index (χ4v) is 3.54. The maximum atomic E-state index is 13.1. The first kappa shape index (κ1) is 16.5. The molecular weight excluding hydrogens is 261 g/mol. The van der Waals surface area contributed by atoms with Crippen LogP contribution in [0.25, 0.3) is 0 Å². The smallest absolute Gasteiger partial charge is 0.123 e. The highest BCUT2D eigenvalue weighted by Crippen LogP contribution is 2.29. The normalized spacial score (nSPS) is 24.0. The van der Waals surface area contributed by atoms with E-state index in [-0.39, 0.29) is 5.82 Å². The summed E-state index contributed by atoms with van der Waals surface area (Å²) in [5, 5.41) is 3.76. The van der Waals surface area contributed by atoms with Crippen molar-refractivity contribution in [3.63, 3.8) is 0 Å². The van der Waals surface area contributed by atoms with E-state index in [0.29, 0.717) is 6.04 Å². The van der Waals surface area contributed by atoms with Gasteiger partial charge in [-0.3, -0.25) is 0 Å². The maximum Gasteiger partial charge on any atom is 0.123 e. The zero-order chi connectivity index (χ0) is 15.1. The van der Waals surface area contributed by atoms with Gasteiger partial charge in [-0.2, -0.15) is 0 Å². The first-order valence-electron chi connectivity index (χ1n) is 8.68. The topological polar surface area (TPSA) is 12.0 Å². The van der Waals surface area contributed by atoms with Crippen LogP contribution in [0.3, 0.4) is 0 Å². The molecule has 0 aliphatic heterocycles. The molecule has 1 nitrogen and oxygen atoms in total. The van der Waals surface area contributed by atoms with Crippen LogP contribution in [0.5, 0.6) is 0 Å². The Bertz CT molecular complexity index is 401. The van der Waals surface area contributed by atoms with Crippen LogP contribution in [-0.4, -0.2) is 6.54 Å². The largest absolute Gasteiger partial charge is 0.310 e. The van der Waals surface area contributed by atoms with Crippen molar-refractivity contribution in [3.05, 3.63) is 35.6 Å². The monoisotopic (exact) mass is 291 g/mol. The van der Waals surface area contributed by atoms with Crippen LogP contribution in [0.4, 0.5) is 4.39 Å². The van der Waals surface area contributed by atoms with Gasteiger partial charge in [0.2, 0.25) is 0 Å². The van der Waals surface area contributed by atoms with Crippen LogP contribution < -0.4 is 5.32 Å². The number of rotatable bonds is 7. The number of halogens is 1. The van der Waals surface area contributed by atoms with Crippen LogP contribution in [0.1, 0.15) is 70.4 Å². The van der Waals surface area contributed by atoms with Crippen molar-refractivity contribution < 1.29 is 4.39 Å². The highest BCUT2D eigenvalue weighted by atomic mass is 19.1. The van der Waals surface area contributed by atoms with Gasteiger partial charge in [0.15, 0.2) is 0 Å². The van der Waals surface area contributed by atoms with Gasteiger partial charge in [-0.15, -0.1) is 0 Å². The molecule has 1 aromatic carbocycles. The number of benzene rings is 1. The van der Waals surface area contributed by atoms with E-state index in [0.717, 1.165) is 24.8 Å². The van der Waals surface area contributed by atoms with E-state index < -0.39 is 0 Å².